The lowest BCUT2D eigenvalue weighted by Crippen LogP contribution is -2.22. The molecule has 120 valence electrons. The van der Waals surface area contributed by atoms with Crippen molar-refractivity contribution >= 4 is 15.9 Å². The van der Waals surface area contributed by atoms with Crippen LogP contribution in [0.2, 0.25) is 0 Å². The fourth-order valence-electron chi connectivity index (χ4n) is 2.42. The third-order valence-electron chi connectivity index (χ3n) is 3.62. The summed E-state index contributed by atoms with van der Waals surface area (Å²) < 4.78 is 11.9. The summed E-state index contributed by atoms with van der Waals surface area (Å²) in [6, 6.07) is 4.43. The monoisotopic (exact) mass is 357 g/mol. The van der Waals surface area contributed by atoms with Crippen molar-refractivity contribution in [3.63, 3.8) is 0 Å². The van der Waals surface area contributed by atoms with Crippen LogP contribution in [0.1, 0.15) is 57.6 Å². The minimum atomic E-state index is 0.352. The molecule has 0 aliphatic rings. The Labute approximate surface area is 137 Å². The van der Waals surface area contributed by atoms with Crippen LogP contribution in [0.5, 0.6) is 11.5 Å². The summed E-state index contributed by atoms with van der Waals surface area (Å²) in [4.78, 5) is 0. The van der Waals surface area contributed by atoms with Crippen molar-refractivity contribution in [2.45, 2.75) is 52.0 Å². The molecule has 0 amide bonds. The normalized spacial score (nSPS) is 12.2. The van der Waals surface area contributed by atoms with Gasteiger partial charge in [0.25, 0.3) is 0 Å². The second-order valence-corrected chi connectivity index (χ2v) is 6.09. The highest BCUT2D eigenvalue weighted by atomic mass is 79.9. The molecule has 0 radical (unpaired) electrons. The summed E-state index contributed by atoms with van der Waals surface area (Å²) in [5.74, 6) is 1.55. The van der Waals surface area contributed by atoms with Gasteiger partial charge in [0, 0.05) is 10.5 Å². The number of hydrogen-bond acceptors (Lipinski definition) is 3. The van der Waals surface area contributed by atoms with Gasteiger partial charge >= 0.3 is 0 Å². The summed E-state index contributed by atoms with van der Waals surface area (Å²) in [6.45, 7) is 5.46. The Bertz CT molecular complexity index is 423. The van der Waals surface area contributed by atoms with Crippen molar-refractivity contribution in [1.29, 1.82) is 0 Å². The van der Waals surface area contributed by atoms with E-state index in [1.165, 1.54) is 24.8 Å². The van der Waals surface area contributed by atoms with Crippen molar-refractivity contribution in [3.8, 4) is 11.5 Å². The minimum Gasteiger partial charge on any atom is -0.493 e. The van der Waals surface area contributed by atoms with E-state index in [-0.39, 0.29) is 0 Å². The number of halogens is 1. The van der Waals surface area contributed by atoms with Crippen LogP contribution in [-0.2, 0) is 0 Å². The molecule has 0 bridgehead atoms. The average Bonchev–Trinajstić information content (AvgIpc) is 2.50. The first-order valence-corrected chi connectivity index (χ1v) is 8.61. The van der Waals surface area contributed by atoms with Crippen LogP contribution in [0.3, 0.4) is 0 Å². The fraction of sp³-hybridized carbons (Fsp3) is 0.647. The molecule has 21 heavy (non-hydrogen) atoms. The molecular weight excluding hydrogens is 330 g/mol. The van der Waals surface area contributed by atoms with Gasteiger partial charge in [-0.25, -0.2) is 0 Å². The SMILES string of the molecule is CCCCCC(NCCC)c1cc(OC)c(OC)cc1Br. The second kappa shape index (κ2) is 10.1. The van der Waals surface area contributed by atoms with Crippen LogP contribution in [0.25, 0.3) is 0 Å². The van der Waals surface area contributed by atoms with Crippen LogP contribution in [-0.4, -0.2) is 20.8 Å². The standard InChI is InChI=1S/C17H28BrNO2/c1-5-7-8-9-15(19-10-6-2)13-11-16(20-3)17(21-4)12-14(13)18/h11-12,15,19H,5-10H2,1-4H3. The Kier molecular flexibility index (Phi) is 8.77. The lowest BCUT2D eigenvalue weighted by molar-refractivity contribution is 0.353. The summed E-state index contributed by atoms with van der Waals surface area (Å²) >= 11 is 3.68. The molecule has 0 fully saturated rings. The molecule has 0 heterocycles. The minimum absolute atomic E-state index is 0.352. The molecule has 1 aromatic rings. The van der Waals surface area contributed by atoms with E-state index in [1.54, 1.807) is 14.2 Å². The van der Waals surface area contributed by atoms with Gasteiger partial charge in [0.05, 0.1) is 14.2 Å². The van der Waals surface area contributed by atoms with Gasteiger partial charge in [0.2, 0.25) is 0 Å². The van der Waals surface area contributed by atoms with Gasteiger partial charge in [0.15, 0.2) is 11.5 Å². The summed E-state index contributed by atoms with van der Waals surface area (Å²) in [5, 5.41) is 3.65. The number of hydrogen-bond donors (Lipinski definition) is 1. The van der Waals surface area contributed by atoms with Gasteiger partial charge in [0.1, 0.15) is 0 Å². The first kappa shape index (κ1) is 18.3. The number of nitrogens with one attached hydrogen (secondary N) is 1. The molecule has 1 N–H and O–H groups in total. The van der Waals surface area contributed by atoms with Crippen molar-refractivity contribution in [1.82, 2.24) is 5.32 Å². The molecule has 1 aromatic carbocycles. The molecule has 0 saturated heterocycles. The van der Waals surface area contributed by atoms with Gasteiger partial charge in [-0.2, -0.15) is 0 Å². The Hall–Kier alpha value is -0.740. The summed E-state index contributed by atoms with van der Waals surface area (Å²) in [6.07, 6.45) is 6.03. The van der Waals surface area contributed by atoms with E-state index in [2.05, 4.69) is 41.2 Å². The molecule has 0 saturated carbocycles. The highest BCUT2D eigenvalue weighted by molar-refractivity contribution is 9.10. The van der Waals surface area contributed by atoms with Gasteiger partial charge in [-0.05, 0) is 37.1 Å². The third-order valence-corrected chi connectivity index (χ3v) is 4.30. The molecule has 1 unspecified atom stereocenters. The largest absolute Gasteiger partial charge is 0.493 e. The Morgan fingerprint density at radius 3 is 2.29 bits per heavy atom. The van der Waals surface area contributed by atoms with Gasteiger partial charge < -0.3 is 14.8 Å². The molecule has 1 atom stereocenters. The number of methoxy groups -OCH3 is 2. The Morgan fingerprint density at radius 1 is 1.05 bits per heavy atom. The van der Waals surface area contributed by atoms with Crippen LogP contribution in [0.15, 0.2) is 16.6 Å². The van der Waals surface area contributed by atoms with E-state index >= 15 is 0 Å². The second-order valence-electron chi connectivity index (χ2n) is 5.23. The lowest BCUT2D eigenvalue weighted by Gasteiger charge is -2.22. The zero-order valence-corrected chi connectivity index (χ0v) is 15.3. The molecule has 0 aliphatic heterocycles. The number of benzene rings is 1. The first-order valence-electron chi connectivity index (χ1n) is 7.82. The predicted molar refractivity (Wildman–Crippen MR) is 92.4 cm³/mol. The van der Waals surface area contributed by atoms with Gasteiger partial charge in [-0.15, -0.1) is 0 Å². The van der Waals surface area contributed by atoms with Crippen molar-refractivity contribution < 1.29 is 9.47 Å². The smallest absolute Gasteiger partial charge is 0.161 e. The Morgan fingerprint density at radius 2 is 1.71 bits per heavy atom. The van der Waals surface area contributed by atoms with Crippen LogP contribution in [0, 0.1) is 0 Å². The van der Waals surface area contributed by atoms with Crippen LogP contribution in [0.4, 0.5) is 0 Å². The lowest BCUT2D eigenvalue weighted by atomic mass is 9.99. The van der Waals surface area contributed by atoms with E-state index in [9.17, 15) is 0 Å². The van der Waals surface area contributed by atoms with Crippen LogP contribution >= 0.6 is 15.9 Å². The molecule has 4 heteroatoms. The average molecular weight is 358 g/mol. The molecule has 0 spiro atoms. The molecule has 0 aromatic heterocycles. The predicted octanol–water partition coefficient (Wildman–Crippen LogP) is 5.09. The van der Waals surface area contributed by atoms with E-state index in [4.69, 9.17) is 9.47 Å². The van der Waals surface area contributed by atoms with Gasteiger partial charge in [-0.3, -0.25) is 0 Å². The topological polar surface area (TPSA) is 30.5 Å². The van der Waals surface area contributed by atoms with Crippen molar-refractivity contribution in [2.75, 3.05) is 20.8 Å². The zero-order chi connectivity index (χ0) is 15.7. The molecule has 0 aliphatic carbocycles. The summed E-state index contributed by atoms with van der Waals surface area (Å²) in [7, 11) is 3.35. The zero-order valence-electron chi connectivity index (χ0n) is 13.7. The first-order chi connectivity index (χ1) is 10.2. The highest BCUT2D eigenvalue weighted by Gasteiger charge is 2.17. The molecular formula is C17H28BrNO2. The summed E-state index contributed by atoms with van der Waals surface area (Å²) in [5.41, 5.74) is 1.25. The highest BCUT2D eigenvalue weighted by Crippen LogP contribution is 2.37. The van der Waals surface area contributed by atoms with E-state index in [0.717, 1.165) is 35.4 Å². The van der Waals surface area contributed by atoms with Crippen molar-refractivity contribution in [3.05, 3.63) is 22.2 Å². The van der Waals surface area contributed by atoms with Gasteiger partial charge in [-0.1, -0.05) is 49.0 Å². The van der Waals surface area contributed by atoms with E-state index in [1.807, 2.05) is 6.07 Å². The van der Waals surface area contributed by atoms with E-state index < -0.39 is 0 Å². The third kappa shape index (κ3) is 5.51. The van der Waals surface area contributed by atoms with E-state index in [0.29, 0.717) is 6.04 Å². The quantitative estimate of drug-likeness (QED) is 0.591. The maximum Gasteiger partial charge on any atom is 0.161 e. The maximum absolute atomic E-state index is 5.44. The number of unbranched alkanes of at least 4 members (excludes halogenated alkanes) is 2. The number of rotatable bonds is 10. The Balaban J connectivity index is 2.98. The van der Waals surface area contributed by atoms with Crippen LogP contribution < -0.4 is 14.8 Å². The fourth-order valence-corrected chi connectivity index (χ4v) is 3.02. The molecule has 1 rings (SSSR count). The maximum atomic E-state index is 5.44. The van der Waals surface area contributed by atoms with Crippen molar-refractivity contribution in [2.24, 2.45) is 0 Å². The molecule has 3 nitrogen and oxygen atoms in total. The number of ether oxygens (including phenoxy) is 2.